The van der Waals surface area contributed by atoms with Gasteiger partial charge in [0.25, 0.3) is 5.91 Å². The Labute approximate surface area is 236 Å². The van der Waals surface area contributed by atoms with E-state index in [-0.39, 0.29) is 30.9 Å². The lowest BCUT2D eigenvalue weighted by Gasteiger charge is -2.34. The molecule has 0 unspecified atom stereocenters. The first-order chi connectivity index (χ1) is 17.9. The summed E-state index contributed by atoms with van der Waals surface area (Å²) >= 11 is 12.4. The largest absolute Gasteiger partial charge is 0.483 e. The maximum absolute atomic E-state index is 13.8. The SMILES string of the molecule is CC(C)c1ccccc1OCC(=O)N(Cc1ccc(Cl)c(Cl)c1)[C@@H](Cc1ccccc1)C(=O)NC(C)(C)C. The standard InChI is InChI=1S/C31H36Cl2N2O3/c1-21(2)24-13-9-10-14-28(24)38-20-29(36)35(19-23-15-16-25(32)26(33)17-23)27(30(37)34-31(3,4)5)18-22-11-7-6-8-12-22/h6-17,21,27H,18-20H2,1-5H3,(H,34,37)/t27-/m0/s1. The number of nitrogens with zero attached hydrogens (tertiary/aromatic N) is 1. The molecule has 0 spiro atoms. The van der Waals surface area contributed by atoms with Crippen LogP contribution in [-0.4, -0.2) is 34.9 Å². The predicted molar refractivity (Wildman–Crippen MR) is 155 cm³/mol. The normalized spacial score (nSPS) is 12.2. The van der Waals surface area contributed by atoms with Crippen molar-refractivity contribution >= 4 is 35.0 Å². The number of para-hydroxylation sites is 1. The van der Waals surface area contributed by atoms with E-state index in [1.54, 1.807) is 17.0 Å². The van der Waals surface area contributed by atoms with Gasteiger partial charge in [0.15, 0.2) is 6.61 Å². The first kappa shape index (κ1) is 29.5. The third kappa shape index (κ3) is 8.50. The first-order valence-corrected chi connectivity index (χ1v) is 13.5. The summed E-state index contributed by atoms with van der Waals surface area (Å²) in [5, 5.41) is 3.87. The lowest BCUT2D eigenvalue weighted by Crippen LogP contribution is -2.55. The van der Waals surface area contributed by atoms with Crippen molar-refractivity contribution in [3.05, 3.63) is 99.5 Å². The minimum atomic E-state index is -0.775. The summed E-state index contributed by atoms with van der Waals surface area (Å²) in [5.74, 6) is 0.345. The molecule has 1 N–H and O–H groups in total. The highest BCUT2D eigenvalue weighted by Gasteiger charge is 2.32. The molecular weight excluding hydrogens is 519 g/mol. The fourth-order valence-electron chi connectivity index (χ4n) is 4.15. The maximum Gasteiger partial charge on any atom is 0.261 e. The van der Waals surface area contributed by atoms with Crippen LogP contribution in [0.4, 0.5) is 0 Å². The molecule has 3 rings (SSSR count). The molecule has 0 aliphatic heterocycles. The smallest absolute Gasteiger partial charge is 0.261 e. The fourth-order valence-corrected chi connectivity index (χ4v) is 4.47. The number of nitrogens with one attached hydrogen (secondary N) is 1. The Kier molecular flexibility index (Phi) is 10.2. The van der Waals surface area contributed by atoms with Crippen LogP contribution in [0.1, 0.15) is 57.2 Å². The third-order valence-electron chi connectivity index (χ3n) is 6.00. The number of benzene rings is 3. The number of amides is 2. The molecule has 0 fully saturated rings. The van der Waals surface area contributed by atoms with Crippen molar-refractivity contribution in [1.82, 2.24) is 10.2 Å². The summed E-state index contributed by atoms with van der Waals surface area (Å²) in [6.45, 7) is 9.87. The molecule has 38 heavy (non-hydrogen) atoms. The van der Waals surface area contributed by atoms with Crippen LogP contribution < -0.4 is 10.1 Å². The second-order valence-electron chi connectivity index (χ2n) is 10.7. The monoisotopic (exact) mass is 554 g/mol. The second kappa shape index (κ2) is 13.2. The van der Waals surface area contributed by atoms with Gasteiger partial charge in [-0.15, -0.1) is 0 Å². The number of hydrogen-bond acceptors (Lipinski definition) is 3. The number of hydrogen-bond donors (Lipinski definition) is 1. The number of carbonyl (C=O) groups is 2. The number of ether oxygens (including phenoxy) is 1. The molecule has 5 nitrogen and oxygen atoms in total. The van der Waals surface area contributed by atoms with E-state index in [0.29, 0.717) is 22.2 Å². The zero-order chi connectivity index (χ0) is 27.9. The van der Waals surface area contributed by atoms with Gasteiger partial charge in [-0.1, -0.05) is 91.6 Å². The van der Waals surface area contributed by atoms with Crippen LogP contribution in [0.2, 0.25) is 10.0 Å². The van der Waals surface area contributed by atoms with Gasteiger partial charge in [0, 0.05) is 18.5 Å². The molecule has 0 bridgehead atoms. The summed E-state index contributed by atoms with van der Waals surface area (Å²) in [4.78, 5) is 29.0. The van der Waals surface area contributed by atoms with Crippen molar-refractivity contribution < 1.29 is 14.3 Å². The van der Waals surface area contributed by atoms with Gasteiger partial charge < -0.3 is 15.0 Å². The Morgan fingerprint density at radius 1 is 0.895 bits per heavy atom. The van der Waals surface area contributed by atoms with E-state index in [1.165, 1.54) is 0 Å². The van der Waals surface area contributed by atoms with Crippen molar-refractivity contribution in [2.45, 2.75) is 65.1 Å². The summed E-state index contributed by atoms with van der Waals surface area (Å²) in [6.07, 6.45) is 0.346. The van der Waals surface area contributed by atoms with Gasteiger partial charge >= 0.3 is 0 Å². The molecule has 0 aliphatic carbocycles. The van der Waals surface area contributed by atoms with E-state index < -0.39 is 11.6 Å². The zero-order valence-electron chi connectivity index (χ0n) is 22.6. The summed E-state index contributed by atoms with van der Waals surface area (Å²) in [6, 6.07) is 21.8. The quantitative estimate of drug-likeness (QED) is 0.292. The number of carbonyl (C=O) groups excluding carboxylic acids is 2. The molecule has 0 heterocycles. The van der Waals surface area contributed by atoms with E-state index in [9.17, 15) is 9.59 Å². The van der Waals surface area contributed by atoms with Gasteiger partial charge in [0.2, 0.25) is 5.91 Å². The highest BCUT2D eigenvalue weighted by molar-refractivity contribution is 6.42. The summed E-state index contributed by atoms with van der Waals surface area (Å²) in [7, 11) is 0. The van der Waals surface area contributed by atoms with Crippen LogP contribution in [0.3, 0.4) is 0 Å². The molecule has 3 aromatic carbocycles. The molecule has 7 heteroatoms. The lowest BCUT2D eigenvalue weighted by atomic mass is 10.0. The average molecular weight is 556 g/mol. The van der Waals surface area contributed by atoms with Crippen molar-refractivity contribution in [2.75, 3.05) is 6.61 Å². The highest BCUT2D eigenvalue weighted by atomic mass is 35.5. The number of halogens is 2. The Hall–Kier alpha value is -3.02. The minimum Gasteiger partial charge on any atom is -0.483 e. The Morgan fingerprint density at radius 2 is 1.55 bits per heavy atom. The molecule has 0 aliphatic rings. The van der Waals surface area contributed by atoms with Gasteiger partial charge in [0.1, 0.15) is 11.8 Å². The predicted octanol–water partition coefficient (Wildman–Crippen LogP) is 7.05. The van der Waals surface area contributed by atoms with Gasteiger partial charge in [-0.2, -0.15) is 0 Å². The third-order valence-corrected chi connectivity index (χ3v) is 6.74. The van der Waals surface area contributed by atoms with Crippen molar-refractivity contribution in [3.63, 3.8) is 0 Å². The van der Waals surface area contributed by atoms with Crippen LogP contribution >= 0.6 is 23.2 Å². The molecule has 2 amide bonds. The molecule has 1 atom stereocenters. The molecule has 202 valence electrons. The van der Waals surface area contributed by atoms with Crippen LogP contribution in [0.25, 0.3) is 0 Å². The van der Waals surface area contributed by atoms with Gasteiger partial charge in [-0.05, 0) is 61.6 Å². The van der Waals surface area contributed by atoms with E-state index in [2.05, 4.69) is 19.2 Å². The minimum absolute atomic E-state index is 0.167. The van der Waals surface area contributed by atoms with E-state index in [0.717, 1.165) is 16.7 Å². The summed E-state index contributed by atoms with van der Waals surface area (Å²) < 4.78 is 6.03. The van der Waals surface area contributed by atoms with Crippen LogP contribution in [-0.2, 0) is 22.6 Å². The van der Waals surface area contributed by atoms with Crippen LogP contribution in [0.5, 0.6) is 5.75 Å². The molecule has 3 aromatic rings. The first-order valence-electron chi connectivity index (χ1n) is 12.8. The zero-order valence-corrected chi connectivity index (χ0v) is 24.1. The molecule has 0 saturated carbocycles. The van der Waals surface area contributed by atoms with Crippen molar-refractivity contribution in [2.24, 2.45) is 0 Å². The molecule has 0 saturated heterocycles. The molecule has 0 aromatic heterocycles. The van der Waals surface area contributed by atoms with E-state index >= 15 is 0 Å². The Balaban J connectivity index is 1.97. The van der Waals surface area contributed by atoms with Crippen molar-refractivity contribution in [3.8, 4) is 5.75 Å². The van der Waals surface area contributed by atoms with Crippen LogP contribution in [0, 0.1) is 0 Å². The van der Waals surface area contributed by atoms with E-state index in [4.69, 9.17) is 27.9 Å². The van der Waals surface area contributed by atoms with E-state index in [1.807, 2.05) is 81.4 Å². The second-order valence-corrected chi connectivity index (χ2v) is 11.5. The lowest BCUT2D eigenvalue weighted by molar-refractivity contribution is -0.143. The Bertz CT molecular complexity index is 1240. The molecule has 0 radical (unpaired) electrons. The van der Waals surface area contributed by atoms with Crippen molar-refractivity contribution in [1.29, 1.82) is 0 Å². The van der Waals surface area contributed by atoms with Gasteiger partial charge in [-0.25, -0.2) is 0 Å². The highest BCUT2D eigenvalue weighted by Crippen LogP contribution is 2.27. The van der Waals surface area contributed by atoms with Gasteiger partial charge in [-0.3, -0.25) is 9.59 Å². The van der Waals surface area contributed by atoms with Crippen LogP contribution in [0.15, 0.2) is 72.8 Å². The topological polar surface area (TPSA) is 58.6 Å². The average Bonchev–Trinajstić information content (AvgIpc) is 2.86. The van der Waals surface area contributed by atoms with Gasteiger partial charge in [0.05, 0.1) is 10.0 Å². The number of rotatable bonds is 10. The fraction of sp³-hybridized carbons (Fsp3) is 0.355. The maximum atomic E-state index is 13.8. The molecular formula is C31H36Cl2N2O3. The summed E-state index contributed by atoms with van der Waals surface area (Å²) in [5.41, 5.74) is 2.25. The Morgan fingerprint density at radius 3 is 2.18 bits per heavy atom.